The number of nitrogens with zero attached hydrogens (tertiary/aromatic N) is 1. The van der Waals surface area contributed by atoms with Crippen molar-refractivity contribution in [1.82, 2.24) is 10.2 Å². The van der Waals surface area contributed by atoms with Gasteiger partial charge in [-0.1, -0.05) is 24.3 Å². The molecule has 1 aliphatic carbocycles. The van der Waals surface area contributed by atoms with Gasteiger partial charge in [-0.3, -0.25) is 9.89 Å². The second kappa shape index (κ2) is 4.41. The molecule has 0 atom stereocenters. The van der Waals surface area contributed by atoms with E-state index in [4.69, 9.17) is 0 Å². The third-order valence-corrected chi connectivity index (χ3v) is 3.62. The van der Waals surface area contributed by atoms with Crippen LogP contribution >= 0.6 is 0 Å². The molecule has 1 N–H and O–H groups in total. The van der Waals surface area contributed by atoms with Crippen molar-refractivity contribution < 1.29 is 4.79 Å². The Balaban J connectivity index is 1.99. The molecule has 0 aliphatic heterocycles. The van der Waals surface area contributed by atoms with Gasteiger partial charge in [0.05, 0.1) is 5.69 Å². The summed E-state index contributed by atoms with van der Waals surface area (Å²) >= 11 is 0. The molecule has 0 saturated carbocycles. The summed E-state index contributed by atoms with van der Waals surface area (Å²) in [5.74, 6) is 0.102. The third-order valence-electron chi connectivity index (χ3n) is 3.62. The van der Waals surface area contributed by atoms with Gasteiger partial charge in [0.15, 0.2) is 5.78 Å². The maximum atomic E-state index is 11.3. The van der Waals surface area contributed by atoms with Crippen molar-refractivity contribution in [2.24, 2.45) is 0 Å². The van der Waals surface area contributed by atoms with Crippen molar-refractivity contribution in [1.29, 1.82) is 0 Å². The Bertz CT molecular complexity index is 581. The summed E-state index contributed by atoms with van der Waals surface area (Å²) in [6.45, 7) is 1.59. The minimum Gasteiger partial charge on any atom is -0.295 e. The van der Waals surface area contributed by atoms with Crippen molar-refractivity contribution in [2.45, 2.75) is 32.6 Å². The number of carbonyl (C=O) groups is 1. The fourth-order valence-electron chi connectivity index (χ4n) is 2.58. The summed E-state index contributed by atoms with van der Waals surface area (Å²) < 4.78 is 0. The molecule has 0 bridgehead atoms. The lowest BCUT2D eigenvalue weighted by Crippen LogP contribution is -2.01. The maximum Gasteiger partial charge on any atom is 0.159 e. The molecule has 1 aromatic heterocycles. The van der Waals surface area contributed by atoms with E-state index in [1.54, 1.807) is 6.92 Å². The van der Waals surface area contributed by atoms with Crippen LogP contribution in [0.5, 0.6) is 0 Å². The van der Waals surface area contributed by atoms with Gasteiger partial charge in [0, 0.05) is 22.4 Å². The van der Waals surface area contributed by atoms with Crippen LogP contribution in [-0.2, 0) is 12.8 Å². The van der Waals surface area contributed by atoms with E-state index in [0.717, 1.165) is 29.7 Å². The van der Waals surface area contributed by atoms with Gasteiger partial charge in [-0.15, -0.1) is 0 Å². The predicted octanol–water partition coefficient (Wildman–Crippen LogP) is 3.16. The van der Waals surface area contributed by atoms with Crippen molar-refractivity contribution in [3.8, 4) is 11.3 Å². The SMILES string of the molecule is CC(=O)c1ccc(-c2n[nH]c3c2CCCC3)cc1. The number of nitrogens with one attached hydrogen (secondary N) is 1. The molecule has 3 rings (SSSR count). The minimum atomic E-state index is 0.102. The Morgan fingerprint density at radius 2 is 1.89 bits per heavy atom. The molecule has 0 amide bonds. The van der Waals surface area contributed by atoms with Crippen molar-refractivity contribution in [3.63, 3.8) is 0 Å². The first kappa shape index (κ1) is 11.2. The molecule has 1 heterocycles. The Hall–Kier alpha value is -1.90. The first-order chi connectivity index (χ1) is 8.75. The number of aromatic amines is 1. The normalized spacial score (nSPS) is 14.3. The maximum absolute atomic E-state index is 11.3. The van der Waals surface area contributed by atoms with Gasteiger partial charge >= 0.3 is 0 Å². The summed E-state index contributed by atoms with van der Waals surface area (Å²) in [6, 6.07) is 7.73. The molecular formula is C15H16N2O. The van der Waals surface area contributed by atoms with Crippen molar-refractivity contribution in [2.75, 3.05) is 0 Å². The van der Waals surface area contributed by atoms with Gasteiger partial charge in [-0.05, 0) is 32.6 Å². The monoisotopic (exact) mass is 240 g/mol. The second-order valence-corrected chi connectivity index (χ2v) is 4.87. The zero-order valence-corrected chi connectivity index (χ0v) is 10.5. The number of rotatable bonds is 2. The zero-order valence-electron chi connectivity index (χ0n) is 10.5. The highest BCUT2D eigenvalue weighted by Gasteiger charge is 2.17. The number of H-pyrrole nitrogens is 1. The van der Waals surface area contributed by atoms with Crippen molar-refractivity contribution in [3.05, 3.63) is 41.1 Å². The number of carbonyl (C=O) groups excluding carboxylic acids is 1. The van der Waals surface area contributed by atoms with Gasteiger partial charge < -0.3 is 0 Å². The predicted molar refractivity (Wildman–Crippen MR) is 70.7 cm³/mol. The third kappa shape index (κ3) is 1.86. The average molecular weight is 240 g/mol. The number of Topliss-reactive ketones (excluding diaryl/α,β-unsaturated/α-hetero) is 1. The Labute approximate surface area is 106 Å². The molecule has 0 spiro atoms. The summed E-state index contributed by atoms with van der Waals surface area (Å²) in [5, 5.41) is 7.58. The van der Waals surface area contributed by atoms with Crippen LogP contribution in [0.3, 0.4) is 0 Å². The van der Waals surface area contributed by atoms with Crippen molar-refractivity contribution >= 4 is 5.78 Å². The van der Waals surface area contributed by atoms with E-state index in [2.05, 4.69) is 10.2 Å². The second-order valence-electron chi connectivity index (χ2n) is 4.87. The van der Waals surface area contributed by atoms with Gasteiger partial charge in [-0.25, -0.2) is 0 Å². The Kier molecular flexibility index (Phi) is 2.74. The molecule has 3 nitrogen and oxygen atoms in total. The molecule has 0 radical (unpaired) electrons. The summed E-state index contributed by atoms with van der Waals surface area (Å²) in [7, 11) is 0. The highest BCUT2D eigenvalue weighted by molar-refractivity contribution is 5.94. The number of fused-ring (bicyclic) bond motifs is 1. The first-order valence-electron chi connectivity index (χ1n) is 6.43. The standard InChI is InChI=1S/C15H16N2O/c1-10(18)11-6-8-12(9-7-11)15-13-4-2-3-5-14(13)16-17-15/h6-9H,2-5H2,1H3,(H,16,17). The molecule has 0 saturated heterocycles. The van der Waals surface area contributed by atoms with E-state index in [-0.39, 0.29) is 5.78 Å². The first-order valence-corrected chi connectivity index (χ1v) is 6.43. The number of hydrogen-bond donors (Lipinski definition) is 1. The van der Waals surface area contributed by atoms with Crippen LogP contribution in [0.2, 0.25) is 0 Å². The topological polar surface area (TPSA) is 45.8 Å². The molecule has 18 heavy (non-hydrogen) atoms. The molecule has 0 fully saturated rings. The number of aromatic nitrogens is 2. The van der Waals surface area contributed by atoms with Crippen LogP contribution in [0, 0.1) is 0 Å². The molecule has 1 aromatic carbocycles. The van der Waals surface area contributed by atoms with Gasteiger partial charge in [0.2, 0.25) is 0 Å². The van der Waals surface area contributed by atoms with E-state index in [0.29, 0.717) is 0 Å². The highest BCUT2D eigenvalue weighted by Crippen LogP contribution is 2.29. The van der Waals surface area contributed by atoms with E-state index in [1.165, 1.54) is 24.1 Å². The Morgan fingerprint density at radius 1 is 1.17 bits per heavy atom. The molecular weight excluding hydrogens is 224 g/mol. The smallest absolute Gasteiger partial charge is 0.159 e. The summed E-state index contributed by atoms with van der Waals surface area (Å²) in [4.78, 5) is 11.3. The van der Waals surface area contributed by atoms with Crippen LogP contribution in [0.4, 0.5) is 0 Å². The zero-order chi connectivity index (χ0) is 12.5. The summed E-state index contributed by atoms with van der Waals surface area (Å²) in [5.41, 5.74) is 5.55. The average Bonchev–Trinajstić information content (AvgIpc) is 2.82. The molecule has 0 unspecified atom stereocenters. The lowest BCUT2D eigenvalue weighted by Gasteiger charge is -2.11. The molecule has 2 aromatic rings. The number of hydrogen-bond acceptors (Lipinski definition) is 2. The van der Waals surface area contributed by atoms with E-state index >= 15 is 0 Å². The van der Waals surface area contributed by atoms with Crippen LogP contribution in [0.25, 0.3) is 11.3 Å². The summed E-state index contributed by atoms with van der Waals surface area (Å²) in [6.07, 6.45) is 4.70. The van der Waals surface area contributed by atoms with Crippen LogP contribution in [-0.4, -0.2) is 16.0 Å². The quantitative estimate of drug-likeness (QED) is 0.819. The van der Waals surface area contributed by atoms with Crippen LogP contribution < -0.4 is 0 Å². The number of aryl methyl sites for hydroxylation is 1. The molecule has 3 heteroatoms. The largest absolute Gasteiger partial charge is 0.295 e. The fraction of sp³-hybridized carbons (Fsp3) is 0.333. The fourth-order valence-corrected chi connectivity index (χ4v) is 2.58. The lowest BCUT2D eigenvalue weighted by molar-refractivity contribution is 0.101. The van der Waals surface area contributed by atoms with Crippen LogP contribution in [0.1, 0.15) is 41.4 Å². The van der Waals surface area contributed by atoms with Gasteiger partial charge in [0.25, 0.3) is 0 Å². The Morgan fingerprint density at radius 3 is 2.61 bits per heavy atom. The lowest BCUT2D eigenvalue weighted by atomic mass is 9.93. The van der Waals surface area contributed by atoms with Crippen LogP contribution in [0.15, 0.2) is 24.3 Å². The number of ketones is 1. The molecule has 1 aliphatic rings. The van der Waals surface area contributed by atoms with E-state index in [1.807, 2.05) is 24.3 Å². The molecule has 92 valence electrons. The van der Waals surface area contributed by atoms with Gasteiger partial charge in [-0.2, -0.15) is 5.10 Å². The van der Waals surface area contributed by atoms with E-state index < -0.39 is 0 Å². The minimum absolute atomic E-state index is 0.102. The highest BCUT2D eigenvalue weighted by atomic mass is 16.1. The van der Waals surface area contributed by atoms with E-state index in [9.17, 15) is 4.79 Å². The number of benzene rings is 1. The van der Waals surface area contributed by atoms with Gasteiger partial charge in [0.1, 0.15) is 0 Å².